The summed E-state index contributed by atoms with van der Waals surface area (Å²) in [5.74, 6) is -0.263. The first-order chi connectivity index (χ1) is 10.9. The number of benzene rings is 1. The van der Waals surface area contributed by atoms with Gasteiger partial charge < -0.3 is 11.1 Å². The molecule has 1 aromatic carbocycles. The summed E-state index contributed by atoms with van der Waals surface area (Å²) >= 11 is 0. The van der Waals surface area contributed by atoms with Crippen LogP contribution in [0, 0.1) is 6.92 Å². The number of amides is 1. The summed E-state index contributed by atoms with van der Waals surface area (Å²) in [7, 11) is 1.80. The van der Waals surface area contributed by atoms with Gasteiger partial charge in [-0.1, -0.05) is 31.0 Å². The predicted molar refractivity (Wildman–Crippen MR) is 97.0 cm³/mol. The van der Waals surface area contributed by atoms with Gasteiger partial charge in [0, 0.05) is 7.05 Å². The van der Waals surface area contributed by atoms with E-state index in [9.17, 15) is 9.59 Å². The van der Waals surface area contributed by atoms with E-state index in [0.717, 1.165) is 18.5 Å². The summed E-state index contributed by atoms with van der Waals surface area (Å²) < 4.78 is 3.29. The Morgan fingerprint density at radius 3 is 2.38 bits per heavy atom. The molecular formula is C17H23ClN4O2. The lowest BCUT2D eigenvalue weighted by atomic mass is 9.98. The molecule has 3 rings (SSSR count). The van der Waals surface area contributed by atoms with Gasteiger partial charge in [0.1, 0.15) is 5.69 Å². The summed E-state index contributed by atoms with van der Waals surface area (Å²) in [5, 5.41) is 2.77. The van der Waals surface area contributed by atoms with Crippen molar-refractivity contribution in [3.05, 3.63) is 46.4 Å². The number of nitrogens with zero attached hydrogens (tertiary/aromatic N) is 2. The van der Waals surface area contributed by atoms with Gasteiger partial charge in [-0.05, 0) is 31.9 Å². The normalized spacial score (nSPS) is 15.8. The molecule has 1 saturated carbocycles. The van der Waals surface area contributed by atoms with Crippen LogP contribution in [0.25, 0.3) is 5.69 Å². The number of aromatic nitrogens is 2. The number of hydrogen-bond donors (Lipinski definition) is 2. The van der Waals surface area contributed by atoms with Crippen LogP contribution in [-0.2, 0) is 11.8 Å². The van der Waals surface area contributed by atoms with Crippen LogP contribution < -0.4 is 16.6 Å². The zero-order chi connectivity index (χ0) is 16.6. The van der Waals surface area contributed by atoms with Crippen molar-refractivity contribution in [2.45, 2.75) is 38.1 Å². The molecule has 24 heavy (non-hydrogen) atoms. The number of nitrogens with two attached hydrogens (primary N) is 1. The average molecular weight is 351 g/mol. The maximum Gasteiger partial charge on any atom is 0.295 e. The summed E-state index contributed by atoms with van der Waals surface area (Å²) in [6.45, 7) is 1.81. The molecule has 1 amide bonds. The highest BCUT2D eigenvalue weighted by molar-refractivity contribution is 5.98. The van der Waals surface area contributed by atoms with Gasteiger partial charge in [-0.2, -0.15) is 0 Å². The predicted octanol–water partition coefficient (Wildman–Crippen LogP) is 2.12. The quantitative estimate of drug-likeness (QED) is 0.889. The Kier molecular flexibility index (Phi) is 5.20. The number of halogens is 1. The zero-order valence-corrected chi connectivity index (χ0v) is 14.7. The average Bonchev–Trinajstić information content (AvgIpc) is 3.07. The van der Waals surface area contributed by atoms with Crippen LogP contribution in [0.2, 0.25) is 0 Å². The molecule has 1 aromatic heterocycles. The van der Waals surface area contributed by atoms with Crippen LogP contribution in [0.5, 0.6) is 0 Å². The summed E-state index contributed by atoms with van der Waals surface area (Å²) in [6.07, 6.45) is 3.23. The smallest absolute Gasteiger partial charge is 0.295 e. The molecule has 1 aliphatic carbocycles. The van der Waals surface area contributed by atoms with Gasteiger partial charge in [0.05, 0.1) is 16.9 Å². The van der Waals surface area contributed by atoms with E-state index in [0.29, 0.717) is 24.2 Å². The molecule has 0 radical (unpaired) electrons. The fraction of sp³-hybridized carbons (Fsp3) is 0.412. The van der Waals surface area contributed by atoms with E-state index in [1.807, 2.05) is 37.3 Å². The summed E-state index contributed by atoms with van der Waals surface area (Å²) in [6, 6.07) is 9.35. The highest BCUT2D eigenvalue weighted by Gasteiger charge is 2.37. The Morgan fingerprint density at radius 1 is 1.21 bits per heavy atom. The van der Waals surface area contributed by atoms with Crippen molar-refractivity contribution < 1.29 is 4.79 Å². The van der Waals surface area contributed by atoms with Crippen LogP contribution in [0.15, 0.2) is 35.1 Å². The van der Waals surface area contributed by atoms with Crippen LogP contribution in [0.3, 0.4) is 0 Å². The molecule has 0 spiro atoms. The van der Waals surface area contributed by atoms with E-state index in [1.165, 1.54) is 0 Å². The van der Waals surface area contributed by atoms with E-state index < -0.39 is 5.54 Å². The minimum Gasteiger partial charge on any atom is -0.318 e. The van der Waals surface area contributed by atoms with Gasteiger partial charge in [-0.25, -0.2) is 4.68 Å². The fourth-order valence-electron chi connectivity index (χ4n) is 3.18. The Labute approximate surface area is 147 Å². The molecule has 130 valence electrons. The first-order valence-corrected chi connectivity index (χ1v) is 7.88. The van der Waals surface area contributed by atoms with Gasteiger partial charge in [0.15, 0.2) is 0 Å². The number of carbonyl (C=O) groups is 1. The molecule has 1 fully saturated rings. The van der Waals surface area contributed by atoms with Crippen LogP contribution in [0.4, 0.5) is 5.69 Å². The van der Waals surface area contributed by atoms with Crippen molar-refractivity contribution in [3.63, 3.8) is 0 Å². The lowest BCUT2D eigenvalue weighted by molar-refractivity contribution is -0.121. The molecule has 1 aliphatic rings. The minimum atomic E-state index is -0.855. The SMILES string of the molecule is Cc1c(NC(=O)C2(N)CCCC2)c(=O)n(-c2ccccc2)n1C.Cl. The fourth-order valence-corrected chi connectivity index (χ4v) is 3.18. The molecule has 0 saturated heterocycles. The molecule has 0 atom stereocenters. The highest BCUT2D eigenvalue weighted by Crippen LogP contribution is 2.28. The van der Waals surface area contributed by atoms with E-state index in [1.54, 1.807) is 16.4 Å². The van der Waals surface area contributed by atoms with Gasteiger partial charge in [-0.15, -0.1) is 12.4 Å². The number of hydrogen-bond acceptors (Lipinski definition) is 3. The van der Waals surface area contributed by atoms with E-state index in [-0.39, 0.29) is 23.9 Å². The minimum absolute atomic E-state index is 0. The number of nitrogens with one attached hydrogen (secondary N) is 1. The maximum atomic E-state index is 12.8. The third kappa shape index (κ3) is 2.99. The lowest BCUT2D eigenvalue weighted by Crippen LogP contribution is -2.49. The molecular weight excluding hydrogens is 328 g/mol. The van der Waals surface area contributed by atoms with E-state index >= 15 is 0 Å². The second-order valence-electron chi connectivity index (χ2n) is 6.25. The standard InChI is InChI=1S/C17H22N4O2.ClH/c1-12-14(19-16(23)17(18)10-6-7-11-17)15(22)21(20(12)2)13-8-4-3-5-9-13;/h3-5,8-9H,6-7,10-11,18H2,1-2H3,(H,19,23);1H. The van der Waals surface area contributed by atoms with Crippen LogP contribution in [0.1, 0.15) is 31.4 Å². The van der Waals surface area contributed by atoms with Gasteiger partial charge in [-0.3, -0.25) is 14.3 Å². The van der Waals surface area contributed by atoms with Crippen molar-refractivity contribution >= 4 is 24.0 Å². The maximum absolute atomic E-state index is 12.8. The Balaban J connectivity index is 0.00000208. The largest absolute Gasteiger partial charge is 0.318 e. The van der Waals surface area contributed by atoms with Gasteiger partial charge in [0.25, 0.3) is 5.56 Å². The topological polar surface area (TPSA) is 82.1 Å². The van der Waals surface area contributed by atoms with Crippen molar-refractivity contribution in [2.24, 2.45) is 12.8 Å². The zero-order valence-electron chi connectivity index (χ0n) is 13.9. The molecule has 7 heteroatoms. The Bertz CT molecular complexity index is 789. The molecule has 2 aromatic rings. The summed E-state index contributed by atoms with van der Waals surface area (Å²) in [4.78, 5) is 25.3. The monoisotopic (exact) mass is 350 g/mol. The third-order valence-corrected chi connectivity index (χ3v) is 4.74. The van der Waals surface area contributed by atoms with Crippen molar-refractivity contribution in [1.29, 1.82) is 0 Å². The number of carbonyl (C=O) groups excluding carboxylic acids is 1. The van der Waals surface area contributed by atoms with E-state index in [2.05, 4.69) is 5.32 Å². The first-order valence-electron chi connectivity index (χ1n) is 7.88. The third-order valence-electron chi connectivity index (χ3n) is 4.74. The van der Waals surface area contributed by atoms with Crippen LogP contribution in [-0.4, -0.2) is 20.8 Å². The number of anilines is 1. The number of rotatable bonds is 3. The molecule has 0 bridgehead atoms. The first kappa shape index (κ1) is 18.3. The van der Waals surface area contributed by atoms with Crippen molar-refractivity contribution in [1.82, 2.24) is 9.36 Å². The van der Waals surface area contributed by atoms with E-state index in [4.69, 9.17) is 5.73 Å². The molecule has 0 unspecified atom stereocenters. The van der Waals surface area contributed by atoms with Gasteiger partial charge in [0.2, 0.25) is 5.91 Å². The summed E-state index contributed by atoms with van der Waals surface area (Å²) in [5.41, 5.74) is 6.84. The molecule has 1 heterocycles. The molecule has 0 aliphatic heterocycles. The Hall–Kier alpha value is -2.05. The van der Waals surface area contributed by atoms with Gasteiger partial charge >= 0.3 is 0 Å². The highest BCUT2D eigenvalue weighted by atomic mass is 35.5. The second-order valence-corrected chi connectivity index (χ2v) is 6.25. The second kappa shape index (κ2) is 6.83. The lowest BCUT2D eigenvalue weighted by Gasteiger charge is -2.21. The van der Waals surface area contributed by atoms with Crippen molar-refractivity contribution in [2.75, 3.05) is 5.32 Å². The number of para-hydroxylation sites is 1. The van der Waals surface area contributed by atoms with Crippen molar-refractivity contribution in [3.8, 4) is 5.69 Å². The molecule has 6 nitrogen and oxygen atoms in total. The molecule has 3 N–H and O–H groups in total. The Morgan fingerprint density at radius 2 is 1.79 bits per heavy atom. The van der Waals surface area contributed by atoms with Crippen LogP contribution >= 0.6 is 12.4 Å².